The first-order chi connectivity index (χ1) is 11.3. The predicted octanol–water partition coefficient (Wildman–Crippen LogP) is 2.77. The molecule has 0 aliphatic heterocycles. The van der Waals surface area contributed by atoms with Crippen molar-refractivity contribution < 1.29 is 19.4 Å². The largest absolute Gasteiger partial charge is 0.479 e. The number of nitrogens with zero attached hydrogens (tertiary/aromatic N) is 1. The van der Waals surface area contributed by atoms with E-state index in [1.807, 2.05) is 19.9 Å². The average molecular weight is 348 g/mol. The van der Waals surface area contributed by atoms with Crippen LogP contribution in [-0.4, -0.2) is 29.1 Å². The maximum absolute atomic E-state index is 12.5. The number of carbonyl (C=O) groups excluding carboxylic acids is 1. The number of hydrogen-bond acceptors (Lipinski definition) is 5. The van der Waals surface area contributed by atoms with Gasteiger partial charge in [-0.05, 0) is 26.3 Å². The second kappa shape index (κ2) is 7.55. The van der Waals surface area contributed by atoms with Crippen LogP contribution < -0.4 is 5.32 Å². The van der Waals surface area contributed by atoms with Crippen molar-refractivity contribution in [2.45, 2.75) is 33.4 Å². The summed E-state index contributed by atoms with van der Waals surface area (Å²) in [5.41, 5.74) is 3.01. The number of hydrogen-bond donors (Lipinski definition) is 2. The third-order valence-corrected chi connectivity index (χ3v) is 4.54. The highest BCUT2D eigenvalue weighted by Gasteiger charge is 2.25. The van der Waals surface area contributed by atoms with E-state index in [2.05, 4.69) is 10.3 Å². The molecule has 1 amide bonds. The minimum Gasteiger partial charge on any atom is -0.479 e. The summed E-state index contributed by atoms with van der Waals surface area (Å²) in [7, 11) is 1.55. The molecule has 2 N–H and O–H groups in total. The minimum atomic E-state index is -1.11. The zero-order valence-electron chi connectivity index (χ0n) is 14.0. The Morgan fingerprint density at radius 3 is 2.42 bits per heavy atom. The Bertz CT molecular complexity index is 750. The highest BCUT2D eigenvalue weighted by Crippen LogP contribution is 2.22. The van der Waals surface area contributed by atoms with Crippen LogP contribution in [0.5, 0.6) is 0 Å². The van der Waals surface area contributed by atoms with Crippen LogP contribution >= 0.6 is 11.3 Å². The number of aliphatic carboxylic acids is 1. The monoisotopic (exact) mass is 348 g/mol. The van der Waals surface area contributed by atoms with E-state index in [9.17, 15) is 14.7 Å². The van der Waals surface area contributed by atoms with Gasteiger partial charge >= 0.3 is 5.97 Å². The lowest BCUT2D eigenvalue weighted by Gasteiger charge is -2.16. The van der Waals surface area contributed by atoms with Gasteiger partial charge in [0.2, 0.25) is 0 Å². The number of aryl methyl sites for hydroxylation is 3. The Morgan fingerprint density at radius 1 is 1.25 bits per heavy atom. The van der Waals surface area contributed by atoms with Gasteiger partial charge in [-0.3, -0.25) is 4.79 Å². The van der Waals surface area contributed by atoms with Gasteiger partial charge in [-0.15, -0.1) is 11.3 Å². The second-order valence-corrected chi connectivity index (χ2v) is 6.70. The number of thiazole rings is 1. The molecule has 24 heavy (non-hydrogen) atoms. The first-order valence-electron chi connectivity index (χ1n) is 7.39. The molecule has 1 atom stereocenters. The zero-order valence-corrected chi connectivity index (χ0v) is 14.9. The van der Waals surface area contributed by atoms with Crippen LogP contribution in [0.2, 0.25) is 0 Å². The number of aromatic nitrogens is 1. The zero-order chi connectivity index (χ0) is 17.9. The predicted molar refractivity (Wildman–Crippen MR) is 91.3 cm³/mol. The molecule has 7 heteroatoms. The maximum Gasteiger partial charge on any atom is 0.330 e. The number of carboxylic acid groups (broad SMARTS) is 1. The number of methoxy groups -OCH3 is 1. The molecule has 0 bridgehead atoms. The van der Waals surface area contributed by atoms with E-state index in [4.69, 9.17) is 4.74 Å². The number of carbonyl (C=O) groups is 2. The summed E-state index contributed by atoms with van der Waals surface area (Å²) in [6.07, 6.45) is 0. The standard InChI is InChI=1S/C17H20N2O4S/c1-9-5-10(2)7-12(6-9)14(17(21)22)19-16(20)15-11(3)18-13(24-15)8-23-4/h5-7,14H,8H2,1-4H3,(H,19,20)(H,21,22). The van der Waals surface area contributed by atoms with Gasteiger partial charge in [-0.25, -0.2) is 9.78 Å². The van der Waals surface area contributed by atoms with Gasteiger partial charge in [-0.1, -0.05) is 29.3 Å². The molecule has 0 saturated carbocycles. The van der Waals surface area contributed by atoms with Gasteiger partial charge in [0.15, 0.2) is 6.04 Å². The number of carboxylic acids is 1. The van der Waals surface area contributed by atoms with E-state index in [1.165, 1.54) is 11.3 Å². The van der Waals surface area contributed by atoms with Gasteiger partial charge in [0.1, 0.15) is 9.88 Å². The lowest BCUT2D eigenvalue weighted by atomic mass is 10.0. The van der Waals surface area contributed by atoms with Gasteiger partial charge in [-0.2, -0.15) is 0 Å². The van der Waals surface area contributed by atoms with E-state index in [-0.39, 0.29) is 0 Å². The van der Waals surface area contributed by atoms with E-state index in [0.717, 1.165) is 11.1 Å². The number of nitrogens with one attached hydrogen (secondary N) is 1. The summed E-state index contributed by atoms with van der Waals surface area (Å²) in [5.74, 6) is -1.55. The first kappa shape index (κ1) is 18.1. The molecule has 0 aliphatic carbocycles. The molecule has 0 spiro atoms. The van der Waals surface area contributed by atoms with Crippen LogP contribution in [0.4, 0.5) is 0 Å². The molecule has 0 fully saturated rings. The SMILES string of the molecule is COCc1nc(C)c(C(=O)NC(C(=O)O)c2cc(C)cc(C)c2)s1. The van der Waals surface area contributed by atoms with Crippen LogP contribution in [0.15, 0.2) is 18.2 Å². The van der Waals surface area contributed by atoms with E-state index in [1.54, 1.807) is 26.2 Å². The Hall–Kier alpha value is -2.25. The smallest absolute Gasteiger partial charge is 0.330 e. The molecule has 1 unspecified atom stereocenters. The Labute approximate surface area is 144 Å². The molecule has 2 rings (SSSR count). The summed E-state index contributed by atoms with van der Waals surface area (Å²) >= 11 is 1.21. The van der Waals surface area contributed by atoms with E-state index in [0.29, 0.717) is 27.7 Å². The fraction of sp³-hybridized carbons (Fsp3) is 0.353. The Morgan fingerprint density at radius 2 is 1.88 bits per heavy atom. The molecular formula is C17H20N2O4S. The Kier molecular flexibility index (Phi) is 5.69. The molecule has 0 saturated heterocycles. The van der Waals surface area contributed by atoms with Crippen LogP contribution in [0, 0.1) is 20.8 Å². The third-order valence-electron chi connectivity index (χ3n) is 3.41. The fourth-order valence-electron chi connectivity index (χ4n) is 2.51. The molecule has 0 radical (unpaired) electrons. The quantitative estimate of drug-likeness (QED) is 0.838. The molecule has 0 aliphatic rings. The van der Waals surface area contributed by atoms with Crippen LogP contribution in [0.25, 0.3) is 0 Å². The summed E-state index contributed by atoms with van der Waals surface area (Å²) < 4.78 is 5.01. The molecule has 1 aromatic carbocycles. The van der Waals surface area contributed by atoms with Crippen LogP contribution in [0.3, 0.4) is 0 Å². The van der Waals surface area contributed by atoms with Gasteiger partial charge < -0.3 is 15.2 Å². The molecule has 128 valence electrons. The second-order valence-electron chi connectivity index (χ2n) is 5.62. The van der Waals surface area contributed by atoms with Crippen molar-refractivity contribution in [1.29, 1.82) is 0 Å². The maximum atomic E-state index is 12.5. The average Bonchev–Trinajstić information content (AvgIpc) is 2.84. The normalized spacial score (nSPS) is 12.0. The van der Waals surface area contributed by atoms with Crippen molar-refractivity contribution in [2.75, 3.05) is 7.11 Å². The number of benzene rings is 1. The van der Waals surface area contributed by atoms with Crippen molar-refractivity contribution in [3.05, 3.63) is 50.5 Å². The summed E-state index contributed by atoms with van der Waals surface area (Å²) in [6, 6.07) is 4.38. The van der Waals surface area contributed by atoms with Crippen molar-refractivity contribution in [2.24, 2.45) is 0 Å². The van der Waals surface area contributed by atoms with Crippen LogP contribution in [0.1, 0.15) is 43.1 Å². The van der Waals surface area contributed by atoms with Crippen LogP contribution in [-0.2, 0) is 16.1 Å². The summed E-state index contributed by atoms with van der Waals surface area (Å²) in [4.78, 5) is 28.8. The van der Waals surface area contributed by atoms with E-state index < -0.39 is 17.9 Å². The van der Waals surface area contributed by atoms with Gasteiger partial charge in [0.05, 0.1) is 12.3 Å². The van der Waals surface area contributed by atoms with Crippen molar-refractivity contribution in [3.63, 3.8) is 0 Å². The molecule has 1 heterocycles. The molecule has 2 aromatic rings. The summed E-state index contributed by atoms with van der Waals surface area (Å²) in [5, 5.41) is 12.8. The van der Waals surface area contributed by atoms with Crippen molar-refractivity contribution >= 4 is 23.2 Å². The lowest BCUT2D eigenvalue weighted by molar-refractivity contribution is -0.139. The van der Waals surface area contributed by atoms with Crippen molar-refractivity contribution in [1.82, 2.24) is 10.3 Å². The number of ether oxygens (including phenoxy) is 1. The fourth-order valence-corrected chi connectivity index (χ4v) is 3.45. The topological polar surface area (TPSA) is 88.5 Å². The summed E-state index contributed by atoms with van der Waals surface area (Å²) in [6.45, 7) is 5.82. The molecule has 6 nitrogen and oxygen atoms in total. The highest BCUT2D eigenvalue weighted by molar-refractivity contribution is 7.13. The Balaban J connectivity index is 2.27. The number of amides is 1. The molecular weight excluding hydrogens is 328 g/mol. The lowest BCUT2D eigenvalue weighted by Crippen LogP contribution is -2.33. The first-order valence-corrected chi connectivity index (χ1v) is 8.20. The van der Waals surface area contributed by atoms with Gasteiger partial charge in [0.25, 0.3) is 5.91 Å². The highest BCUT2D eigenvalue weighted by atomic mass is 32.1. The van der Waals surface area contributed by atoms with Crippen molar-refractivity contribution in [3.8, 4) is 0 Å². The van der Waals surface area contributed by atoms with Gasteiger partial charge in [0, 0.05) is 7.11 Å². The number of rotatable bonds is 6. The third kappa shape index (κ3) is 4.18. The molecule has 1 aromatic heterocycles. The minimum absolute atomic E-state index is 0.318. The van der Waals surface area contributed by atoms with E-state index >= 15 is 0 Å².